The molecule has 0 bridgehead atoms. The number of rotatable bonds is 9. The van der Waals surface area contributed by atoms with E-state index in [-0.39, 0.29) is 29.6 Å². The molecule has 2 atom stereocenters. The Morgan fingerprint density at radius 2 is 1.93 bits per heavy atom. The fraction of sp³-hybridized carbons (Fsp3) is 1.00. The average Bonchev–Trinajstić information content (AvgIpc) is 2.32. The van der Waals surface area contributed by atoms with Crippen molar-refractivity contribution in [2.24, 2.45) is 0 Å². The van der Waals surface area contributed by atoms with Crippen molar-refractivity contribution in [3.05, 3.63) is 0 Å². The summed E-state index contributed by atoms with van der Waals surface area (Å²) in [4.78, 5) is 29.6. The zero-order chi connectivity index (χ0) is 16.2. The van der Waals surface area contributed by atoms with Gasteiger partial charge in [0.1, 0.15) is 0 Å². The van der Waals surface area contributed by atoms with Gasteiger partial charge < -0.3 is 39.5 Å². The summed E-state index contributed by atoms with van der Waals surface area (Å²) in [5.74, 6) is 0. The van der Waals surface area contributed by atoms with Gasteiger partial charge in [0.05, 0.1) is 6.54 Å². The molecule has 0 aromatic rings. The maximum atomic E-state index is 11.5. The van der Waals surface area contributed by atoms with Gasteiger partial charge in [-0.1, -0.05) is 0 Å². The zero-order valence-electron chi connectivity index (χ0n) is 13.8. The summed E-state index contributed by atoms with van der Waals surface area (Å²) in [6, 6.07) is 0. The largest absolute Gasteiger partial charge is 1.00 e. The maximum absolute atomic E-state index is 11.5. The molecule has 0 rings (SSSR count). The Labute approximate surface area is 117 Å². The maximum Gasteiger partial charge on any atom is 1.00 e. The van der Waals surface area contributed by atoms with E-state index >= 15 is 0 Å². The molecule has 0 aromatic heterocycles. The minimum Gasteiger partial charge on any atom is -0.776 e. The summed E-state index contributed by atoms with van der Waals surface area (Å²) < 4.78 is 62.9. The van der Waals surface area contributed by atoms with Crippen molar-refractivity contribution in [3.8, 4) is 0 Å². The van der Waals surface area contributed by atoms with Crippen LogP contribution in [0.3, 0.4) is 0 Å². The molecule has 0 radical (unpaired) electrons. The molecule has 11 heteroatoms. The van der Waals surface area contributed by atoms with Crippen LogP contribution in [0.1, 0.15) is 12.8 Å². The van der Waals surface area contributed by atoms with Crippen LogP contribution in [0.2, 0.25) is 4.24 Å². The van der Waals surface area contributed by atoms with E-state index in [1.807, 2.05) is 0 Å². The van der Waals surface area contributed by atoms with Crippen LogP contribution in [-0.2, 0) is 9.13 Å². The van der Waals surface area contributed by atoms with Crippen LogP contribution >= 0.6 is 15.2 Å². The predicted molar refractivity (Wildman–Crippen MR) is 41.6 cm³/mol. The molecule has 6 N–H and O–H groups in total. The number of aliphatic hydroxyl groups is 1. The molecule has 0 aromatic carbocycles. The fourth-order valence-corrected chi connectivity index (χ4v) is 2.80. The molecule has 86 valence electrons. The van der Waals surface area contributed by atoms with Gasteiger partial charge in [0, 0.05) is 6.42 Å². The third-order valence-corrected chi connectivity index (χ3v) is 5.15. The second kappa shape index (κ2) is 6.23. The van der Waals surface area contributed by atoms with Gasteiger partial charge in [-0.2, -0.15) is 0 Å². The summed E-state index contributed by atoms with van der Waals surface area (Å²) >= 11 is 0. The van der Waals surface area contributed by atoms with E-state index in [4.69, 9.17) is 8.53 Å². The van der Waals surface area contributed by atoms with Crippen molar-refractivity contribution in [1.29, 1.82) is 4.29 Å². The van der Waals surface area contributed by atoms with E-state index in [1.165, 1.54) is 0 Å². The van der Waals surface area contributed by atoms with Gasteiger partial charge in [-0.25, -0.2) is 0 Å². The summed E-state index contributed by atoms with van der Waals surface area (Å²) in [7, 11) is -11.3. The summed E-state index contributed by atoms with van der Waals surface area (Å²) in [5, 5.41) is 0.223. The fourth-order valence-electron chi connectivity index (χ4n) is 0.733. The van der Waals surface area contributed by atoms with Gasteiger partial charge in [0.2, 0.25) is 4.29 Å². The third-order valence-electron chi connectivity index (χ3n) is 1.52. The van der Waals surface area contributed by atoms with Crippen molar-refractivity contribution in [1.82, 2.24) is 0 Å². The molecule has 0 amide bonds. The van der Waals surface area contributed by atoms with Crippen molar-refractivity contribution >= 4 is 15.2 Å². The molecule has 0 aliphatic rings. The first kappa shape index (κ1) is 9.19. The first-order valence-corrected chi connectivity index (χ1v) is 6.50. The molecule has 2 unspecified atom stereocenters. The van der Waals surface area contributed by atoms with Crippen molar-refractivity contribution < 1.29 is 73.3 Å². The molecule has 0 spiro atoms. The van der Waals surface area contributed by atoms with Crippen LogP contribution in [-0.4, -0.2) is 30.8 Å². The molecule has 0 aliphatic heterocycles. The van der Waals surface area contributed by atoms with Gasteiger partial charge in [0.15, 0.2) is 20.3 Å². The van der Waals surface area contributed by atoms with E-state index in [9.17, 15) is 18.9 Å². The van der Waals surface area contributed by atoms with Crippen molar-refractivity contribution in [2.75, 3.05) is 6.54 Å². The SMILES string of the molecule is [2H]OC(CCC[N+]([2H])([2H])[2H])(P(=O)([O-])O[2H])P(=O)([O-])O[2H].[Na+]. The van der Waals surface area contributed by atoms with Crippen LogP contribution in [0.5, 0.6) is 0 Å². The van der Waals surface area contributed by atoms with Crippen LogP contribution < -0.4 is 45.1 Å². The molecular weight excluding hydrogens is 259 g/mol. The standard InChI is InChI=1S/C4H13NO7P2.Na/c5-3-1-2-4(6,13(7,8)9)14(10,11)12;/h6H,1-3,5H2,(H2,7,8,9)(H2,10,11,12);/q;+1/p-1/i6D;/hD5. The third kappa shape index (κ3) is 4.53. The van der Waals surface area contributed by atoms with E-state index in [2.05, 4.69) is 14.9 Å². The molecule has 0 saturated heterocycles. The van der Waals surface area contributed by atoms with E-state index in [0.29, 0.717) is 0 Å². The van der Waals surface area contributed by atoms with E-state index in [0.717, 1.165) is 0 Å². The van der Waals surface area contributed by atoms with Crippen molar-refractivity contribution in [3.63, 3.8) is 0 Å². The minimum atomic E-state index is -5.64. The zero-order valence-corrected chi connectivity index (χ0v) is 11.6. The van der Waals surface area contributed by atoms with Crippen LogP contribution in [0.4, 0.5) is 0 Å². The Morgan fingerprint density at radius 3 is 2.27 bits per heavy atom. The van der Waals surface area contributed by atoms with Crippen LogP contribution in [0.25, 0.3) is 0 Å². The summed E-state index contributed by atoms with van der Waals surface area (Å²) in [6.45, 7) is -0.638. The minimum absolute atomic E-state index is 0. The molecule has 0 heterocycles. The van der Waals surface area contributed by atoms with Gasteiger partial charge in [0.25, 0.3) is 0 Å². The van der Waals surface area contributed by atoms with Gasteiger partial charge in [-0.15, -0.1) is 0 Å². The molecule has 0 saturated carbocycles. The normalized spacial score (nSPS) is 29.5. The Kier molecular flexibility index (Phi) is 3.82. The first-order valence-electron chi connectivity index (χ1n) is 5.98. The van der Waals surface area contributed by atoms with E-state index in [1.54, 1.807) is 0 Å². The Balaban J connectivity index is 0. The second-order valence-electron chi connectivity index (χ2n) is 2.57. The van der Waals surface area contributed by atoms with Gasteiger partial charge >= 0.3 is 33.8 Å². The molecular formula is C4H12NNaO7P2. The predicted octanol–water partition coefficient (Wildman–Crippen LogP) is -6.25. The Bertz CT molecular complexity index is 398. The topological polar surface area (TPSA) is 169 Å². The molecule has 15 heavy (non-hydrogen) atoms. The smallest absolute Gasteiger partial charge is 0.776 e. The Morgan fingerprint density at radius 1 is 1.40 bits per heavy atom. The van der Waals surface area contributed by atoms with E-state index < -0.39 is 45.4 Å². The summed E-state index contributed by atoms with van der Waals surface area (Å²) in [6.07, 6.45) is -1.59. The monoisotopic (exact) mass is 277 g/mol. The van der Waals surface area contributed by atoms with Crippen LogP contribution in [0, 0.1) is 0 Å². The molecule has 8 nitrogen and oxygen atoms in total. The van der Waals surface area contributed by atoms with Crippen molar-refractivity contribution in [2.45, 2.75) is 17.9 Å². The number of hydrogen-bond acceptors (Lipinski definition) is 7. The van der Waals surface area contributed by atoms with Crippen LogP contribution in [0.15, 0.2) is 0 Å². The number of hydrogen-bond donors (Lipinski definition) is 4. The Hall–Kier alpha value is 1.22. The quantitative estimate of drug-likeness (QED) is 0.240. The van der Waals surface area contributed by atoms with Gasteiger partial charge in [-0.05, 0) is 6.42 Å². The number of quaternary nitrogens is 1. The first-order chi connectivity index (χ1) is 8.89. The molecule has 0 fully saturated rings. The summed E-state index contributed by atoms with van der Waals surface area (Å²) in [5.41, 5.74) is -1.84. The average molecular weight is 277 g/mol. The second-order valence-corrected chi connectivity index (χ2v) is 6.35. The van der Waals surface area contributed by atoms with Gasteiger partial charge in [-0.3, -0.25) is 0 Å². The molecule has 0 aliphatic carbocycles.